The van der Waals surface area contributed by atoms with Crippen molar-refractivity contribution in [1.29, 1.82) is 0 Å². The summed E-state index contributed by atoms with van der Waals surface area (Å²) in [6, 6.07) is 5.39. The second-order valence-electron chi connectivity index (χ2n) is 3.14. The van der Waals surface area contributed by atoms with Crippen molar-refractivity contribution in [2.45, 2.75) is 19.9 Å². The van der Waals surface area contributed by atoms with Crippen LogP contribution >= 0.6 is 23.1 Å². The van der Waals surface area contributed by atoms with Gasteiger partial charge in [0.1, 0.15) is 0 Å². The predicted molar refractivity (Wildman–Crippen MR) is 61.4 cm³/mol. The Morgan fingerprint density at radius 1 is 1.50 bits per heavy atom. The van der Waals surface area contributed by atoms with Gasteiger partial charge in [-0.2, -0.15) is 0 Å². The maximum atomic E-state index is 11.8. The molecule has 0 aliphatic rings. The first-order valence-electron chi connectivity index (χ1n) is 4.51. The van der Waals surface area contributed by atoms with Crippen LogP contribution in [-0.4, -0.2) is 3.96 Å². The van der Waals surface area contributed by atoms with Crippen molar-refractivity contribution in [3.63, 3.8) is 0 Å². The first-order chi connectivity index (χ1) is 6.72. The van der Waals surface area contributed by atoms with Crippen LogP contribution in [-0.2, 0) is 6.54 Å². The smallest absolute Gasteiger partial charge is 0.268 e. The molecule has 0 spiro atoms. The fraction of sp³-hybridized carbons (Fsp3) is 0.300. The van der Waals surface area contributed by atoms with Crippen LogP contribution in [0.1, 0.15) is 13.3 Å². The Hall–Kier alpha value is -0.800. The number of aromatic nitrogens is 1. The van der Waals surface area contributed by atoms with E-state index in [1.54, 1.807) is 16.1 Å². The van der Waals surface area contributed by atoms with E-state index in [-0.39, 0.29) is 5.56 Å². The van der Waals surface area contributed by atoms with E-state index in [0.29, 0.717) is 5.02 Å². The lowest BCUT2D eigenvalue weighted by Gasteiger charge is -1.92. The molecule has 4 heteroatoms. The van der Waals surface area contributed by atoms with E-state index in [4.69, 9.17) is 11.6 Å². The van der Waals surface area contributed by atoms with Crippen LogP contribution in [0.2, 0.25) is 5.02 Å². The third kappa shape index (κ3) is 1.57. The molecular weight excluding hydrogens is 218 g/mol. The molecule has 2 aromatic rings. The van der Waals surface area contributed by atoms with Gasteiger partial charge in [0.25, 0.3) is 5.56 Å². The number of nitrogens with zero attached hydrogens (tertiary/aromatic N) is 1. The second-order valence-corrected chi connectivity index (χ2v) is 4.64. The summed E-state index contributed by atoms with van der Waals surface area (Å²) >= 11 is 7.34. The molecule has 0 unspecified atom stereocenters. The fourth-order valence-electron chi connectivity index (χ4n) is 1.39. The van der Waals surface area contributed by atoms with Crippen LogP contribution < -0.4 is 5.56 Å². The molecule has 0 radical (unpaired) electrons. The molecule has 0 saturated carbocycles. The molecule has 0 amide bonds. The topological polar surface area (TPSA) is 22.0 Å². The molecule has 1 aromatic carbocycles. The van der Waals surface area contributed by atoms with Gasteiger partial charge in [0, 0.05) is 11.6 Å². The zero-order valence-corrected chi connectivity index (χ0v) is 9.36. The van der Waals surface area contributed by atoms with Gasteiger partial charge in [-0.25, -0.2) is 0 Å². The fourth-order valence-corrected chi connectivity index (χ4v) is 2.76. The Balaban J connectivity index is 2.67. The number of aryl methyl sites for hydroxylation is 1. The van der Waals surface area contributed by atoms with Crippen LogP contribution in [0.3, 0.4) is 0 Å². The molecule has 2 nitrogen and oxygen atoms in total. The minimum atomic E-state index is 0.100. The number of hydrogen-bond acceptors (Lipinski definition) is 2. The van der Waals surface area contributed by atoms with E-state index in [1.165, 1.54) is 11.5 Å². The average molecular weight is 228 g/mol. The molecule has 0 fully saturated rings. The number of halogens is 1. The highest BCUT2D eigenvalue weighted by Gasteiger charge is 2.06. The molecule has 2 rings (SSSR count). The molecule has 0 saturated heterocycles. The molecule has 14 heavy (non-hydrogen) atoms. The summed E-state index contributed by atoms with van der Waals surface area (Å²) in [7, 11) is 0. The Bertz CT molecular complexity index is 514. The van der Waals surface area contributed by atoms with E-state index in [1.807, 2.05) is 6.07 Å². The molecule has 0 bridgehead atoms. The van der Waals surface area contributed by atoms with Crippen molar-refractivity contribution in [3.05, 3.63) is 33.6 Å². The number of rotatable bonds is 2. The molecule has 0 aliphatic carbocycles. The summed E-state index contributed by atoms with van der Waals surface area (Å²) in [6.45, 7) is 2.85. The molecule has 1 aromatic heterocycles. The summed E-state index contributed by atoms with van der Waals surface area (Å²) in [4.78, 5) is 11.8. The van der Waals surface area contributed by atoms with Gasteiger partial charge in [-0.05, 0) is 24.6 Å². The predicted octanol–water partition coefficient (Wildman–Crippen LogP) is 3.13. The highest BCUT2D eigenvalue weighted by atomic mass is 35.5. The molecule has 74 valence electrons. The average Bonchev–Trinajstić information content (AvgIpc) is 2.44. The van der Waals surface area contributed by atoms with E-state index < -0.39 is 0 Å². The van der Waals surface area contributed by atoms with Crippen LogP contribution in [0.4, 0.5) is 0 Å². The van der Waals surface area contributed by atoms with Crippen LogP contribution in [0.25, 0.3) is 10.1 Å². The number of hydrogen-bond donors (Lipinski definition) is 0. The van der Waals surface area contributed by atoms with Gasteiger partial charge in [-0.3, -0.25) is 8.75 Å². The molecule has 0 N–H and O–H groups in total. The minimum Gasteiger partial charge on any atom is -0.268 e. The van der Waals surface area contributed by atoms with Gasteiger partial charge >= 0.3 is 0 Å². The van der Waals surface area contributed by atoms with Crippen molar-refractivity contribution < 1.29 is 0 Å². The van der Waals surface area contributed by atoms with Gasteiger partial charge in [0.2, 0.25) is 0 Å². The monoisotopic (exact) mass is 227 g/mol. The van der Waals surface area contributed by atoms with Gasteiger partial charge < -0.3 is 0 Å². The van der Waals surface area contributed by atoms with Crippen LogP contribution in [0.5, 0.6) is 0 Å². The molecule has 0 atom stereocenters. The van der Waals surface area contributed by atoms with Crippen molar-refractivity contribution in [2.75, 3.05) is 0 Å². The summed E-state index contributed by atoms with van der Waals surface area (Å²) in [5.74, 6) is 0. The van der Waals surface area contributed by atoms with Crippen molar-refractivity contribution in [1.82, 2.24) is 3.96 Å². The minimum absolute atomic E-state index is 0.100. The van der Waals surface area contributed by atoms with Crippen molar-refractivity contribution >= 4 is 33.2 Å². The number of fused-ring (bicyclic) bond motifs is 1. The Kier molecular flexibility index (Phi) is 2.61. The van der Waals surface area contributed by atoms with E-state index >= 15 is 0 Å². The molecule has 1 heterocycles. The standard InChI is InChI=1S/C10H10ClNOS/c1-2-5-12-10(13)8-4-3-7(11)6-9(8)14-12/h3-4,6H,2,5H2,1H3. The lowest BCUT2D eigenvalue weighted by Crippen LogP contribution is -2.12. The van der Waals surface area contributed by atoms with E-state index in [0.717, 1.165) is 23.1 Å². The van der Waals surface area contributed by atoms with Gasteiger partial charge in [-0.15, -0.1) is 0 Å². The summed E-state index contributed by atoms with van der Waals surface area (Å²) in [6.07, 6.45) is 0.973. The van der Waals surface area contributed by atoms with Gasteiger partial charge in [0.15, 0.2) is 0 Å². The first-order valence-corrected chi connectivity index (χ1v) is 5.67. The van der Waals surface area contributed by atoms with E-state index in [9.17, 15) is 4.79 Å². The SMILES string of the molecule is CCCn1sc2cc(Cl)ccc2c1=O. The van der Waals surface area contributed by atoms with Crippen LogP contribution in [0, 0.1) is 0 Å². The van der Waals surface area contributed by atoms with Crippen molar-refractivity contribution in [3.8, 4) is 0 Å². The van der Waals surface area contributed by atoms with Gasteiger partial charge in [0.05, 0.1) is 10.1 Å². The van der Waals surface area contributed by atoms with E-state index in [2.05, 4.69) is 6.92 Å². The van der Waals surface area contributed by atoms with Crippen molar-refractivity contribution in [2.24, 2.45) is 0 Å². The first kappa shape index (κ1) is 9.74. The Morgan fingerprint density at radius 2 is 2.29 bits per heavy atom. The summed E-state index contributed by atoms with van der Waals surface area (Å²) in [5, 5.41) is 1.45. The maximum Gasteiger partial charge on any atom is 0.268 e. The highest BCUT2D eigenvalue weighted by Crippen LogP contribution is 2.21. The third-order valence-electron chi connectivity index (χ3n) is 2.04. The summed E-state index contributed by atoms with van der Waals surface area (Å²) < 4.78 is 2.75. The molecular formula is C10H10ClNOS. The Labute approximate surface area is 90.9 Å². The highest BCUT2D eigenvalue weighted by molar-refractivity contribution is 7.13. The lowest BCUT2D eigenvalue weighted by atomic mass is 10.3. The number of benzene rings is 1. The largest absolute Gasteiger partial charge is 0.268 e. The normalized spacial score (nSPS) is 11.0. The maximum absolute atomic E-state index is 11.8. The zero-order chi connectivity index (χ0) is 10.1. The third-order valence-corrected chi connectivity index (χ3v) is 3.37. The molecule has 0 aliphatic heterocycles. The Morgan fingerprint density at radius 3 is 3.00 bits per heavy atom. The van der Waals surface area contributed by atoms with Gasteiger partial charge in [-0.1, -0.05) is 30.1 Å². The second kappa shape index (κ2) is 3.75. The summed E-state index contributed by atoms with van der Waals surface area (Å²) in [5.41, 5.74) is 0.100. The zero-order valence-electron chi connectivity index (χ0n) is 7.79. The lowest BCUT2D eigenvalue weighted by molar-refractivity contribution is 0.716. The van der Waals surface area contributed by atoms with Crippen LogP contribution in [0.15, 0.2) is 23.0 Å². The quantitative estimate of drug-likeness (QED) is 0.773.